The van der Waals surface area contributed by atoms with Crippen LogP contribution in [0.15, 0.2) is 0 Å². The number of rotatable bonds is 0. The Hall–Kier alpha value is 0.217. The summed E-state index contributed by atoms with van der Waals surface area (Å²) < 4.78 is 0. The van der Waals surface area contributed by atoms with E-state index in [2.05, 4.69) is 6.92 Å². The highest BCUT2D eigenvalue weighted by Crippen LogP contribution is 2.46. The van der Waals surface area contributed by atoms with Gasteiger partial charge in [0.1, 0.15) is 0 Å². The van der Waals surface area contributed by atoms with Gasteiger partial charge in [-0.3, -0.25) is 0 Å². The molecule has 0 saturated carbocycles. The van der Waals surface area contributed by atoms with E-state index in [-0.39, 0.29) is 0 Å². The molecule has 2 saturated heterocycles. The maximum absolute atomic E-state index is 2.57. The normalized spacial score (nSPS) is 35.2. The van der Waals surface area contributed by atoms with Crippen LogP contribution in [0.4, 0.5) is 0 Å². The van der Waals surface area contributed by atoms with Gasteiger partial charge in [-0.15, -0.1) is 0 Å². The second kappa shape index (κ2) is 3.53. The van der Waals surface area contributed by atoms with E-state index < -0.39 is 8.07 Å². The third-order valence-electron chi connectivity index (χ3n) is 4.46. The molecule has 0 bridgehead atoms. The van der Waals surface area contributed by atoms with Crippen molar-refractivity contribution in [1.29, 1.82) is 0 Å². The Balaban J connectivity index is 2.04. The van der Waals surface area contributed by atoms with Crippen molar-refractivity contribution in [3.63, 3.8) is 0 Å². The summed E-state index contributed by atoms with van der Waals surface area (Å²) in [6.07, 6.45) is 9.40. The lowest BCUT2D eigenvalue weighted by Crippen LogP contribution is -2.42. The maximum Gasteiger partial charge on any atom is 0.0564 e. The molecule has 2 aliphatic heterocycles. The lowest BCUT2D eigenvalue weighted by atomic mass is 10.2. The Bertz CT molecular complexity index is 139. The zero-order valence-corrected chi connectivity index (χ0v) is 9.44. The van der Waals surface area contributed by atoms with Crippen LogP contribution in [0.2, 0.25) is 23.7 Å². The third kappa shape index (κ3) is 1.48. The molecule has 0 radical (unpaired) electrons. The predicted molar refractivity (Wildman–Crippen MR) is 57.3 cm³/mol. The Labute approximate surface area is 77.8 Å². The van der Waals surface area contributed by atoms with Gasteiger partial charge in [-0.05, 0) is 5.54 Å². The van der Waals surface area contributed by atoms with E-state index in [4.69, 9.17) is 0 Å². The second-order valence-electron chi connectivity index (χ2n) is 5.07. The zero-order valence-electron chi connectivity index (χ0n) is 8.44. The molecule has 0 unspecified atom stereocenters. The molecule has 1 atom stereocenters. The Morgan fingerprint density at radius 2 is 1.42 bits per heavy atom. The summed E-state index contributed by atoms with van der Waals surface area (Å²) in [6.45, 7) is 2.57. The molecule has 0 aromatic heterocycles. The molecule has 0 amide bonds. The Kier molecular flexibility index (Phi) is 2.59. The molecule has 0 N–H and O–H groups in total. The molecular weight excluding hydrogens is 160 g/mol. The summed E-state index contributed by atoms with van der Waals surface area (Å²) in [7, 11) is -0.673. The van der Waals surface area contributed by atoms with Crippen molar-refractivity contribution in [3.8, 4) is 0 Å². The van der Waals surface area contributed by atoms with Gasteiger partial charge in [0.05, 0.1) is 8.07 Å². The van der Waals surface area contributed by atoms with Crippen molar-refractivity contribution in [3.05, 3.63) is 0 Å². The highest BCUT2D eigenvalue weighted by Gasteiger charge is 2.40. The summed E-state index contributed by atoms with van der Waals surface area (Å²) in [4.78, 5) is 0. The van der Waals surface area contributed by atoms with Gasteiger partial charge >= 0.3 is 0 Å². The molecule has 0 aliphatic carbocycles. The summed E-state index contributed by atoms with van der Waals surface area (Å²) >= 11 is 0. The van der Waals surface area contributed by atoms with Gasteiger partial charge in [0.15, 0.2) is 0 Å². The Morgan fingerprint density at radius 3 is 2.08 bits per heavy atom. The first-order valence-electron chi connectivity index (χ1n) is 5.83. The predicted octanol–water partition coefficient (Wildman–Crippen LogP) is 4.19. The van der Waals surface area contributed by atoms with Crippen LogP contribution in [0.1, 0.15) is 45.4 Å². The minimum Gasteiger partial charge on any atom is -0.0649 e. The van der Waals surface area contributed by atoms with Crippen LogP contribution in [0.3, 0.4) is 0 Å². The lowest BCUT2D eigenvalue weighted by molar-refractivity contribution is 0.588. The van der Waals surface area contributed by atoms with Crippen LogP contribution in [-0.2, 0) is 0 Å². The van der Waals surface area contributed by atoms with E-state index in [0.29, 0.717) is 0 Å². The topological polar surface area (TPSA) is 0 Å². The largest absolute Gasteiger partial charge is 0.0649 e. The molecule has 2 aliphatic rings. The van der Waals surface area contributed by atoms with Gasteiger partial charge in [0.25, 0.3) is 0 Å². The average Bonchev–Trinajstić information content (AvgIpc) is 2.12. The molecule has 1 heteroatoms. The fourth-order valence-corrected chi connectivity index (χ4v) is 9.39. The monoisotopic (exact) mass is 182 g/mol. The SMILES string of the molecule is C[C@H]1CCCC[Si]12CCCCC2. The standard InChI is InChI=1S/C11H22Si/c1-11-7-3-6-10-12(11)8-4-2-5-9-12/h11H,2-10H2,1H3/t11-/m0/s1. The van der Waals surface area contributed by atoms with Crippen molar-refractivity contribution >= 4 is 8.07 Å². The molecule has 12 heavy (non-hydrogen) atoms. The number of hydrogen-bond donors (Lipinski definition) is 0. The Morgan fingerprint density at radius 1 is 0.833 bits per heavy atom. The first-order valence-corrected chi connectivity index (χ1v) is 8.53. The van der Waals surface area contributed by atoms with Crippen LogP contribution in [0, 0.1) is 0 Å². The summed E-state index contributed by atoms with van der Waals surface area (Å²) in [5.41, 5.74) is 1.17. The first kappa shape index (κ1) is 8.80. The molecular formula is C11H22Si. The van der Waals surface area contributed by atoms with E-state index >= 15 is 0 Å². The molecule has 2 fully saturated rings. The number of hydrogen-bond acceptors (Lipinski definition) is 0. The highest BCUT2D eigenvalue weighted by molar-refractivity contribution is 6.81. The van der Waals surface area contributed by atoms with E-state index in [0.717, 1.165) is 0 Å². The van der Waals surface area contributed by atoms with Crippen LogP contribution >= 0.6 is 0 Å². The minimum atomic E-state index is -0.673. The smallest absolute Gasteiger partial charge is 0.0564 e. The van der Waals surface area contributed by atoms with Crippen LogP contribution in [-0.4, -0.2) is 8.07 Å². The van der Waals surface area contributed by atoms with E-state index in [1.807, 2.05) is 0 Å². The molecule has 0 aromatic carbocycles. The highest BCUT2D eigenvalue weighted by atomic mass is 28.3. The van der Waals surface area contributed by atoms with Crippen LogP contribution in [0.25, 0.3) is 0 Å². The van der Waals surface area contributed by atoms with Crippen molar-refractivity contribution in [1.82, 2.24) is 0 Å². The van der Waals surface area contributed by atoms with Gasteiger partial charge in [-0.2, -0.15) is 0 Å². The molecule has 2 heterocycles. The van der Waals surface area contributed by atoms with Gasteiger partial charge < -0.3 is 0 Å². The van der Waals surface area contributed by atoms with Gasteiger partial charge in [0.2, 0.25) is 0 Å². The second-order valence-corrected chi connectivity index (χ2v) is 10.3. The van der Waals surface area contributed by atoms with Crippen molar-refractivity contribution in [2.75, 3.05) is 0 Å². The molecule has 0 aromatic rings. The molecule has 2 rings (SSSR count). The molecule has 70 valence electrons. The zero-order chi connectivity index (χ0) is 8.44. The summed E-state index contributed by atoms with van der Waals surface area (Å²) in [5, 5.41) is 0. The van der Waals surface area contributed by atoms with Gasteiger partial charge in [-0.1, -0.05) is 63.6 Å². The lowest BCUT2D eigenvalue weighted by Gasteiger charge is -2.43. The van der Waals surface area contributed by atoms with Crippen LogP contribution < -0.4 is 0 Å². The van der Waals surface area contributed by atoms with Gasteiger partial charge in [-0.25, -0.2) is 0 Å². The van der Waals surface area contributed by atoms with E-state index in [9.17, 15) is 0 Å². The van der Waals surface area contributed by atoms with Gasteiger partial charge in [0, 0.05) is 0 Å². The van der Waals surface area contributed by atoms with Crippen LogP contribution in [0.5, 0.6) is 0 Å². The fraction of sp³-hybridized carbons (Fsp3) is 1.00. The minimum absolute atomic E-state index is 0.673. The van der Waals surface area contributed by atoms with Crippen molar-refractivity contribution < 1.29 is 0 Å². The van der Waals surface area contributed by atoms with E-state index in [1.165, 1.54) is 12.0 Å². The molecule has 1 spiro atoms. The first-order chi connectivity index (χ1) is 5.83. The van der Waals surface area contributed by atoms with Crippen molar-refractivity contribution in [2.24, 2.45) is 0 Å². The molecule has 0 nitrogen and oxygen atoms in total. The summed E-state index contributed by atoms with van der Waals surface area (Å²) in [5.74, 6) is 0. The quantitative estimate of drug-likeness (QED) is 0.493. The third-order valence-corrected chi connectivity index (χ3v) is 10.9. The average molecular weight is 182 g/mol. The van der Waals surface area contributed by atoms with E-state index in [1.54, 1.807) is 50.2 Å². The van der Waals surface area contributed by atoms with Crippen molar-refractivity contribution in [2.45, 2.75) is 69.1 Å². The maximum atomic E-state index is 2.57. The summed E-state index contributed by atoms with van der Waals surface area (Å²) in [6, 6.07) is 5.07. The fourth-order valence-electron chi connectivity index (χ4n) is 3.48.